The number of alkyl halides is 3. The minimum atomic E-state index is -4.95. The lowest BCUT2D eigenvalue weighted by Crippen LogP contribution is -2.51. The highest BCUT2D eigenvalue weighted by atomic mass is 19.4. The van der Waals surface area contributed by atoms with Crippen LogP contribution in [0.2, 0.25) is 0 Å². The van der Waals surface area contributed by atoms with Gasteiger partial charge in [-0.05, 0) is 48.9 Å². The Kier molecular flexibility index (Phi) is 5.66. The van der Waals surface area contributed by atoms with Gasteiger partial charge in [-0.3, -0.25) is 9.59 Å². The second-order valence-electron chi connectivity index (χ2n) is 10.4. The quantitative estimate of drug-likeness (QED) is 0.259. The van der Waals surface area contributed by atoms with E-state index in [1.165, 1.54) is 16.7 Å². The van der Waals surface area contributed by atoms with Crippen molar-refractivity contribution in [2.75, 3.05) is 0 Å². The van der Waals surface area contributed by atoms with E-state index in [9.17, 15) is 37.1 Å². The Morgan fingerprint density at radius 3 is 2.70 bits per heavy atom. The van der Waals surface area contributed by atoms with Crippen molar-refractivity contribution in [1.82, 2.24) is 14.9 Å². The van der Waals surface area contributed by atoms with Crippen LogP contribution in [0.25, 0.3) is 22.3 Å². The minimum absolute atomic E-state index is 0.0406. The number of carbonyl (C=O) groups excluding carboxylic acids is 2. The summed E-state index contributed by atoms with van der Waals surface area (Å²) < 4.78 is 61.0. The highest BCUT2D eigenvalue weighted by Crippen LogP contribution is 2.46. The molecule has 40 heavy (non-hydrogen) atoms. The van der Waals surface area contributed by atoms with Gasteiger partial charge in [-0.15, -0.1) is 0 Å². The van der Waals surface area contributed by atoms with E-state index in [2.05, 4.69) is 10.3 Å². The van der Waals surface area contributed by atoms with Crippen molar-refractivity contribution in [2.45, 2.75) is 70.1 Å². The van der Waals surface area contributed by atoms with E-state index in [0.29, 0.717) is 27.6 Å². The molecular weight excluding hydrogens is 536 g/mol. The van der Waals surface area contributed by atoms with Crippen LogP contribution in [-0.4, -0.2) is 38.8 Å². The van der Waals surface area contributed by atoms with E-state index in [-0.39, 0.29) is 60.4 Å². The van der Waals surface area contributed by atoms with Crippen LogP contribution in [0.5, 0.6) is 0 Å². The third-order valence-corrected chi connectivity index (χ3v) is 8.33. The van der Waals surface area contributed by atoms with Gasteiger partial charge in [-0.2, -0.15) is 13.2 Å². The number of aromatic nitrogens is 2. The Balaban J connectivity index is 1.60. The Hall–Kier alpha value is -3.84. The number of esters is 1. The maximum Gasteiger partial charge on any atom is 0.412 e. The zero-order chi connectivity index (χ0) is 28.9. The van der Waals surface area contributed by atoms with Crippen LogP contribution in [0.15, 0.2) is 16.9 Å². The number of hydrogen-bond acceptors (Lipinski definition) is 7. The van der Waals surface area contributed by atoms with E-state index in [1.54, 1.807) is 13.8 Å². The van der Waals surface area contributed by atoms with Gasteiger partial charge in [0.1, 0.15) is 12.4 Å². The average molecular weight is 561 g/mol. The first-order valence-corrected chi connectivity index (χ1v) is 12.7. The normalized spacial score (nSPS) is 21.9. The van der Waals surface area contributed by atoms with Gasteiger partial charge in [0.25, 0.3) is 5.56 Å². The first-order chi connectivity index (χ1) is 18.8. The molecule has 4 N–H and O–H groups in total. The molecule has 0 saturated carbocycles. The van der Waals surface area contributed by atoms with Gasteiger partial charge in [-0.25, -0.2) is 14.2 Å². The highest BCUT2D eigenvalue weighted by Gasteiger charge is 2.46. The van der Waals surface area contributed by atoms with Crippen molar-refractivity contribution in [3.8, 4) is 11.4 Å². The lowest BCUT2D eigenvalue weighted by molar-refractivity contribution is -0.172. The minimum Gasteiger partial charge on any atom is -0.458 e. The molecule has 9 nitrogen and oxygen atoms in total. The average Bonchev–Trinajstić information content (AvgIpc) is 3.27. The van der Waals surface area contributed by atoms with Crippen LogP contribution >= 0.6 is 0 Å². The summed E-state index contributed by atoms with van der Waals surface area (Å²) in [5.74, 6) is -2.82. The highest BCUT2D eigenvalue weighted by molar-refractivity contribution is 5.94. The maximum absolute atomic E-state index is 14.9. The summed E-state index contributed by atoms with van der Waals surface area (Å²) >= 11 is 0. The molecule has 210 valence electrons. The number of amides is 1. The Morgan fingerprint density at radius 2 is 2.02 bits per heavy atom. The van der Waals surface area contributed by atoms with Crippen molar-refractivity contribution in [3.63, 3.8) is 0 Å². The number of nitrogens with one attached hydrogen (secondary N) is 1. The number of nitrogens with two attached hydrogens (primary N) is 1. The monoisotopic (exact) mass is 560 g/mol. The number of nitrogens with zero attached hydrogens (tertiary/aromatic N) is 2. The zero-order valence-corrected chi connectivity index (χ0v) is 21.4. The Bertz CT molecular complexity index is 1720. The first-order valence-electron chi connectivity index (χ1n) is 12.7. The summed E-state index contributed by atoms with van der Waals surface area (Å²) in [6.45, 7) is 2.78. The number of carbonyl (C=O) groups is 2. The molecule has 0 saturated heterocycles. The number of aryl methyl sites for hydroxylation is 1. The second-order valence-corrected chi connectivity index (χ2v) is 10.4. The maximum atomic E-state index is 14.9. The molecule has 2 aliphatic heterocycles. The molecule has 1 aromatic carbocycles. The van der Waals surface area contributed by atoms with Gasteiger partial charge in [0.15, 0.2) is 11.6 Å². The molecule has 2 aromatic heterocycles. The molecule has 3 unspecified atom stereocenters. The SMILES string of the molecule is CCC1(O)C(=O)OCc2c1cc1n(c2=O)Cc2c-1nc1cc(F)c(C)c3c1c2C(NC(=O)C(N)C(F)(F)F)CC3. The summed E-state index contributed by atoms with van der Waals surface area (Å²) in [5, 5.41) is 14.0. The largest absolute Gasteiger partial charge is 0.458 e. The number of rotatable bonds is 3. The topological polar surface area (TPSA) is 137 Å². The number of halogens is 4. The number of aliphatic hydroxyl groups is 1. The molecule has 4 heterocycles. The first kappa shape index (κ1) is 26.4. The van der Waals surface area contributed by atoms with Crippen LogP contribution in [0.4, 0.5) is 17.6 Å². The van der Waals surface area contributed by atoms with E-state index < -0.39 is 47.1 Å². The van der Waals surface area contributed by atoms with Crippen molar-refractivity contribution in [3.05, 3.63) is 61.7 Å². The number of ether oxygens (including phenoxy) is 1. The fourth-order valence-corrected chi connectivity index (χ4v) is 6.11. The van der Waals surface area contributed by atoms with E-state index >= 15 is 0 Å². The van der Waals surface area contributed by atoms with Crippen molar-refractivity contribution < 1.29 is 37.0 Å². The molecular formula is C27H24F4N4O5. The van der Waals surface area contributed by atoms with Crippen LogP contribution < -0.4 is 16.6 Å². The fraction of sp³-hybridized carbons (Fsp3) is 0.407. The molecule has 1 aliphatic carbocycles. The molecule has 3 aliphatic rings. The third kappa shape index (κ3) is 3.53. The van der Waals surface area contributed by atoms with E-state index in [4.69, 9.17) is 10.5 Å². The third-order valence-electron chi connectivity index (χ3n) is 8.33. The Morgan fingerprint density at radius 1 is 1.30 bits per heavy atom. The predicted octanol–water partition coefficient (Wildman–Crippen LogP) is 2.52. The summed E-state index contributed by atoms with van der Waals surface area (Å²) in [5.41, 5.74) is 5.35. The molecule has 0 fully saturated rings. The van der Waals surface area contributed by atoms with Crippen molar-refractivity contribution in [1.29, 1.82) is 0 Å². The Labute approximate surface area is 223 Å². The number of cyclic esters (lactones) is 1. The summed E-state index contributed by atoms with van der Waals surface area (Å²) in [6.07, 6.45) is -4.58. The lowest BCUT2D eigenvalue weighted by atomic mass is 9.81. The van der Waals surface area contributed by atoms with Crippen LogP contribution in [-0.2, 0) is 39.5 Å². The van der Waals surface area contributed by atoms with E-state index in [0.717, 1.165) is 0 Å². The molecule has 6 rings (SSSR count). The summed E-state index contributed by atoms with van der Waals surface area (Å²) in [6, 6.07) is -0.971. The van der Waals surface area contributed by atoms with Gasteiger partial charge in [0.05, 0.1) is 35.1 Å². The van der Waals surface area contributed by atoms with Gasteiger partial charge in [-0.1, -0.05) is 6.92 Å². The molecule has 1 amide bonds. The number of fused-ring (bicyclic) bond motifs is 5. The van der Waals surface area contributed by atoms with Gasteiger partial charge in [0.2, 0.25) is 5.91 Å². The van der Waals surface area contributed by atoms with Crippen molar-refractivity contribution >= 4 is 22.8 Å². The van der Waals surface area contributed by atoms with Crippen molar-refractivity contribution in [2.24, 2.45) is 5.73 Å². The molecule has 3 aromatic rings. The summed E-state index contributed by atoms with van der Waals surface area (Å²) in [4.78, 5) is 43.2. The molecule has 3 atom stereocenters. The summed E-state index contributed by atoms with van der Waals surface area (Å²) in [7, 11) is 0. The van der Waals surface area contributed by atoms with Gasteiger partial charge >= 0.3 is 12.1 Å². The van der Waals surface area contributed by atoms with Crippen LogP contribution in [0.1, 0.15) is 59.2 Å². The molecule has 13 heteroatoms. The van der Waals surface area contributed by atoms with Gasteiger partial charge < -0.3 is 25.5 Å². The predicted molar refractivity (Wildman–Crippen MR) is 132 cm³/mol. The number of hydrogen-bond donors (Lipinski definition) is 3. The standard InChI is InChI=1S/C27H24F4N4O5/c1-3-26(39)14-6-18-21-12(8-35(18)24(37)13(14)9-40-25(26)38)20-16(34-23(36)22(32)27(29,30)31)5-4-11-10(2)15(28)7-17(33-21)19(11)20/h6-7,16,22,39H,3-5,8-9,32H2,1-2H3,(H,34,36). The molecule has 0 spiro atoms. The van der Waals surface area contributed by atoms with Crippen LogP contribution in [0.3, 0.4) is 0 Å². The van der Waals surface area contributed by atoms with Gasteiger partial charge in [0, 0.05) is 22.6 Å². The lowest BCUT2D eigenvalue weighted by Gasteiger charge is -2.31. The molecule has 0 bridgehead atoms. The number of benzene rings is 1. The second kappa shape index (κ2) is 8.58. The smallest absolute Gasteiger partial charge is 0.412 e. The zero-order valence-electron chi connectivity index (χ0n) is 21.4. The van der Waals surface area contributed by atoms with E-state index in [1.807, 2.05) is 0 Å². The molecule has 0 radical (unpaired) electrons. The number of pyridine rings is 2. The van der Waals surface area contributed by atoms with Crippen LogP contribution in [0, 0.1) is 12.7 Å². The fourth-order valence-electron chi connectivity index (χ4n) is 6.11.